The van der Waals surface area contributed by atoms with Gasteiger partial charge in [0.25, 0.3) is 0 Å². The van der Waals surface area contributed by atoms with Gasteiger partial charge in [0.15, 0.2) is 24.7 Å². The number of methoxy groups -OCH3 is 1. The van der Waals surface area contributed by atoms with E-state index in [1.54, 1.807) is 30.4 Å². The molecule has 6 atom stereocenters. The van der Waals surface area contributed by atoms with Crippen LogP contribution in [0.5, 0.6) is 0 Å². The van der Waals surface area contributed by atoms with Gasteiger partial charge in [-0.05, 0) is 36.6 Å². The van der Waals surface area contributed by atoms with Gasteiger partial charge in [0.2, 0.25) is 0 Å². The standard InChI is InChI=1S/C29H27FO8/c1-18-10-9-15-21(16-18)26(31)35-17-22-23(30)24(37-27(32)19-11-5-3-6-12-19)25(29(34-2)36-22)38-28(33)20-13-7-4-8-14-20/h3,5-7,9-15,18,22-25,29H,16-17H2,1-2H3. The first kappa shape index (κ1) is 27.0. The Kier molecular flexibility index (Phi) is 8.89. The summed E-state index contributed by atoms with van der Waals surface area (Å²) in [6.07, 6.45) is -1.91. The third-order valence-corrected chi connectivity index (χ3v) is 6.11. The molecule has 9 heteroatoms. The predicted octanol–water partition coefficient (Wildman–Crippen LogP) is 3.81. The fourth-order valence-electron chi connectivity index (χ4n) is 4.13. The topological polar surface area (TPSA) is 97.4 Å². The number of alkyl halides is 1. The van der Waals surface area contributed by atoms with Gasteiger partial charge in [-0.3, -0.25) is 0 Å². The van der Waals surface area contributed by atoms with E-state index in [2.05, 4.69) is 12.1 Å². The number of hydrogen-bond acceptors (Lipinski definition) is 8. The molecule has 8 nitrogen and oxygen atoms in total. The lowest BCUT2D eigenvalue weighted by Gasteiger charge is -2.41. The van der Waals surface area contributed by atoms with E-state index in [0.29, 0.717) is 12.0 Å². The quantitative estimate of drug-likeness (QED) is 0.382. The van der Waals surface area contributed by atoms with Crippen LogP contribution in [-0.4, -0.2) is 62.4 Å². The molecule has 198 valence electrons. The fraction of sp³-hybridized carbons (Fsp3) is 0.345. The molecule has 0 saturated carbocycles. The summed E-state index contributed by atoms with van der Waals surface area (Å²) in [5.41, 5.74) is 0.750. The summed E-state index contributed by atoms with van der Waals surface area (Å²) in [7, 11) is 1.27. The van der Waals surface area contributed by atoms with E-state index in [0.717, 1.165) is 0 Å². The van der Waals surface area contributed by atoms with E-state index in [1.165, 1.54) is 37.4 Å². The van der Waals surface area contributed by atoms with Crippen molar-refractivity contribution >= 4 is 17.9 Å². The number of benzene rings is 1. The Bertz CT molecular complexity index is 1180. The molecule has 1 aliphatic carbocycles. The monoisotopic (exact) mass is 522 g/mol. The number of rotatable bonds is 8. The van der Waals surface area contributed by atoms with E-state index in [4.69, 9.17) is 23.7 Å². The molecule has 4 rings (SSSR count). The molecule has 1 heterocycles. The molecular weight excluding hydrogens is 495 g/mol. The second-order valence-corrected chi connectivity index (χ2v) is 8.91. The van der Waals surface area contributed by atoms with Crippen molar-refractivity contribution in [1.82, 2.24) is 0 Å². The highest BCUT2D eigenvalue weighted by Gasteiger charge is 2.51. The highest BCUT2D eigenvalue weighted by Crippen LogP contribution is 2.31. The first-order valence-electron chi connectivity index (χ1n) is 12.1. The summed E-state index contributed by atoms with van der Waals surface area (Å²) < 4.78 is 43.3. The van der Waals surface area contributed by atoms with Crippen LogP contribution < -0.4 is 0 Å². The maximum absolute atomic E-state index is 15.9. The average molecular weight is 523 g/mol. The van der Waals surface area contributed by atoms with Gasteiger partial charge in [-0.2, -0.15) is 0 Å². The maximum Gasteiger partial charge on any atom is 0.339 e. The van der Waals surface area contributed by atoms with Crippen molar-refractivity contribution in [2.45, 2.75) is 44.1 Å². The van der Waals surface area contributed by atoms with Crippen LogP contribution in [0.4, 0.5) is 4.39 Å². The summed E-state index contributed by atoms with van der Waals surface area (Å²) in [6, 6.07) is 17.6. The molecule has 38 heavy (non-hydrogen) atoms. The van der Waals surface area contributed by atoms with Crippen LogP contribution >= 0.6 is 0 Å². The Labute approximate surface area is 220 Å². The number of esters is 3. The molecule has 2 aromatic rings. The van der Waals surface area contributed by atoms with Crippen LogP contribution in [0.25, 0.3) is 0 Å². The smallest absolute Gasteiger partial charge is 0.339 e. The lowest BCUT2D eigenvalue weighted by atomic mass is 9.96. The van der Waals surface area contributed by atoms with Crippen molar-refractivity contribution in [2.24, 2.45) is 5.92 Å². The molecule has 1 saturated heterocycles. The SMILES string of the molecule is COC1OC(COC(=O)C2=CC=CC(C)C2)C(F)C(OC(=O)c2ccccc2)C1OC(=O)c1cc#ccc1. The van der Waals surface area contributed by atoms with Crippen LogP contribution in [0.1, 0.15) is 34.1 Å². The summed E-state index contributed by atoms with van der Waals surface area (Å²) in [5.74, 6) is -2.09. The maximum atomic E-state index is 15.9. The molecule has 0 radical (unpaired) electrons. The number of hydrogen-bond donors (Lipinski definition) is 0. The molecule has 0 bridgehead atoms. The number of allylic oxidation sites excluding steroid dienone is 3. The number of halogens is 1. The molecule has 1 fully saturated rings. The van der Waals surface area contributed by atoms with Crippen molar-refractivity contribution in [3.8, 4) is 0 Å². The Hall–Kier alpha value is -4.00. The molecule has 1 aliphatic heterocycles. The molecular formula is C29H27FO8. The summed E-state index contributed by atoms with van der Waals surface area (Å²) in [6.45, 7) is 1.49. The Morgan fingerprint density at radius 1 is 1.00 bits per heavy atom. The lowest BCUT2D eigenvalue weighted by Crippen LogP contribution is -2.60. The van der Waals surface area contributed by atoms with Gasteiger partial charge < -0.3 is 23.7 Å². The molecule has 2 aromatic carbocycles. The Morgan fingerprint density at radius 3 is 2.42 bits per heavy atom. The zero-order valence-corrected chi connectivity index (χ0v) is 20.9. The minimum atomic E-state index is -2.02. The zero-order valence-electron chi connectivity index (χ0n) is 20.9. The highest BCUT2D eigenvalue weighted by molar-refractivity contribution is 5.90. The second kappa shape index (κ2) is 12.5. The van der Waals surface area contributed by atoms with Gasteiger partial charge in [-0.25, -0.2) is 18.8 Å². The highest BCUT2D eigenvalue weighted by atomic mass is 19.1. The van der Waals surface area contributed by atoms with Gasteiger partial charge >= 0.3 is 17.9 Å². The molecule has 0 N–H and O–H groups in total. The third kappa shape index (κ3) is 6.46. The average Bonchev–Trinajstić information content (AvgIpc) is 2.95. The number of carbonyl (C=O) groups is 3. The van der Waals surface area contributed by atoms with Gasteiger partial charge in [0, 0.05) is 18.7 Å². The summed E-state index contributed by atoms with van der Waals surface area (Å²) in [4.78, 5) is 38.2. The Balaban J connectivity index is 1.53. The molecule has 0 spiro atoms. The van der Waals surface area contributed by atoms with Crippen LogP contribution in [0.3, 0.4) is 0 Å². The summed E-state index contributed by atoms with van der Waals surface area (Å²) in [5, 5.41) is 0. The first-order valence-corrected chi connectivity index (χ1v) is 12.1. The minimum absolute atomic E-state index is 0.127. The van der Waals surface area contributed by atoms with Gasteiger partial charge in [-0.1, -0.05) is 55.5 Å². The van der Waals surface area contributed by atoms with E-state index in [9.17, 15) is 14.4 Å². The Morgan fingerprint density at radius 2 is 1.74 bits per heavy atom. The second-order valence-electron chi connectivity index (χ2n) is 8.91. The minimum Gasteiger partial charge on any atom is -0.459 e. The van der Waals surface area contributed by atoms with E-state index in [-0.39, 0.29) is 17.0 Å². The van der Waals surface area contributed by atoms with Crippen molar-refractivity contribution in [1.29, 1.82) is 0 Å². The van der Waals surface area contributed by atoms with E-state index < -0.39 is 55.3 Å². The number of carbonyl (C=O) groups excluding carboxylic acids is 3. The van der Waals surface area contributed by atoms with Crippen LogP contribution in [0.2, 0.25) is 0 Å². The predicted molar refractivity (Wildman–Crippen MR) is 131 cm³/mol. The molecule has 2 aliphatic rings. The van der Waals surface area contributed by atoms with Gasteiger partial charge in [0.1, 0.15) is 12.7 Å². The number of ether oxygens (including phenoxy) is 5. The molecule has 0 amide bonds. The van der Waals surface area contributed by atoms with Crippen LogP contribution in [-0.2, 0) is 28.5 Å². The van der Waals surface area contributed by atoms with Crippen molar-refractivity contribution in [3.05, 3.63) is 95.6 Å². The zero-order chi connectivity index (χ0) is 27.1. The van der Waals surface area contributed by atoms with E-state index >= 15 is 4.39 Å². The van der Waals surface area contributed by atoms with Gasteiger partial charge in [0.05, 0.1) is 11.1 Å². The van der Waals surface area contributed by atoms with Crippen molar-refractivity contribution < 1.29 is 42.5 Å². The molecule has 0 aromatic heterocycles. The molecule has 6 unspecified atom stereocenters. The van der Waals surface area contributed by atoms with Gasteiger partial charge in [-0.15, -0.1) is 0 Å². The largest absolute Gasteiger partial charge is 0.459 e. The first-order chi connectivity index (χ1) is 18.4. The lowest BCUT2D eigenvalue weighted by molar-refractivity contribution is -0.282. The van der Waals surface area contributed by atoms with E-state index in [1.807, 2.05) is 13.0 Å². The third-order valence-electron chi connectivity index (χ3n) is 6.11. The van der Waals surface area contributed by atoms with Crippen molar-refractivity contribution in [3.63, 3.8) is 0 Å². The van der Waals surface area contributed by atoms with Crippen LogP contribution in [0.15, 0.2) is 72.3 Å². The fourth-order valence-corrected chi connectivity index (χ4v) is 4.13. The van der Waals surface area contributed by atoms with Crippen LogP contribution in [0, 0.1) is 18.1 Å². The van der Waals surface area contributed by atoms with Crippen molar-refractivity contribution in [2.75, 3.05) is 13.7 Å². The summed E-state index contributed by atoms with van der Waals surface area (Å²) >= 11 is 0. The normalized spacial score (nSPS) is 26.4.